The van der Waals surface area contributed by atoms with Gasteiger partial charge in [-0.15, -0.1) is 11.3 Å². The number of nitriles is 4. The number of nitrogens with zero attached hydrogens (tertiary/aromatic N) is 6. The molecular weight excluding hydrogens is 508 g/mol. The number of rotatable bonds is 6. The molecule has 0 bridgehead atoms. The minimum atomic E-state index is -0.0257. The van der Waals surface area contributed by atoms with Crippen LogP contribution in [0.5, 0.6) is 0 Å². The molecule has 0 aliphatic rings. The van der Waals surface area contributed by atoms with Gasteiger partial charge in [0.15, 0.2) is 16.5 Å². The Kier molecular flexibility index (Phi) is 6.68. The molecule has 5 aromatic rings. The second kappa shape index (κ2) is 10.4. The summed E-state index contributed by atoms with van der Waals surface area (Å²) in [5, 5.41) is 37.7. The van der Waals surface area contributed by atoms with E-state index in [1.807, 2.05) is 54.6 Å². The van der Waals surface area contributed by atoms with Crippen molar-refractivity contribution in [2.75, 3.05) is 0 Å². The second-order valence-corrected chi connectivity index (χ2v) is 9.83. The maximum Gasteiger partial charge on any atom is 0.163 e. The molecular formula is C30H18N6O2S. The third-order valence-electron chi connectivity index (χ3n) is 5.92. The molecule has 8 nitrogen and oxygen atoms in total. The minimum absolute atomic E-state index is 0.0162. The van der Waals surface area contributed by atoms with Gasteiger partial charge in [0.05, 0.1) is 5.69 Å². The highest BCUT2D eigenvalue weighted by atomic mass is 32.1. The van der Waals surface area contributed by atoms with Gasteiger partial charge >= 0.3 is 0 Å². The van der Waals surface area contributed by atoms with Crippen LogP contribution in [-0.2, 0) is 0 Å². The number of benzene rings is 1. The van der Waals surface area contributed by atoms with Gasteiger partial charge in [-0.05, 0) is 56.3 Å². The van der Waals surface area contributed by atoms with E-state index in [1.54, 1.807) is 12.3 Å². The van der Waals surface area contributed by atoms with Gasteiger partial charge < -0.3 is 13.4 Å². The van der Waals surface area contributed by atoms with Crippen molar-refractivity contribution in [1.82, 2.24) is 9.55 Å². The van der Waals surface area contributed by atoms with Crippen LogP contribution >= 0.6 is 11.3 Å². The van der Waals surface area contributed by atoms with Gasteiger partial charge in [0, 0.05) is 39.7 Å². The fourth-order valence-corrected chi connectivity index (χ4v) is 5.05. The average molecular weight is 527 g/mol. The molecule has 4 aromatic heterocycles. The third-order valence-corrected chi connectivity index (χ3v) is 6.88. The van der Waals surface area contributed by atoms with Gasteiger partial charge in [-0.3, -0.25) is 0 Å². The van der Waals surface area contributed by atoms with Crippen molar-refractivity contribution in [3.05, 3.63) is 76.5 Å². The summed E-state index contributed by atoms with van der Waals surface area (Å²) in [6.45, 7) is 4.18. The van der Waals surface area contributed by atoms with Crippen LogP contribution in [0.15, 0.2) is 74.7 Å². The third kappa shape index (κ3) is 4.87. The SMILES string of the molecule is CC(C)n1c(-c2ccc(C=C(C#N)C#N)o2)cc2ccc(-c3ccc(-c4ncc(C=C(C#N)C#N)s4)o3)cc21. The molecule has 0 aliphatic carbocycles. The molecule has 0 saturated heterocycles. The van der Waals surface area contributed by atoms with Gasteiger partial charge in [-0.2, -0.15) is 21.0 Å². The Morgan fingerprint density at radius 1 is 0.846 bits per heavy atom. The summed E-state index contributed by atoms with van der Waals surface area (Å²) in [5.41, 5.74) is 2.76. The molecule has 1 aromatic carbocycles. The average Bonchev–Trinajstić information content (AvgIpc) is 3.75. The first-order valence-corrected chi connectivity index (χ1v) is 12.6. The highest BCUT2D eigenvalue weighted by Gasteiger charge is 2.18. The quantitative estimate of drug-likeness (QED) is 0.206. The van der Waals surface area contributed by atoms with E-state index in [4.69, 9.17) is 29.9 Å². The Bertz CT molecular complexity index is 1920. The summed E-state index contributed by atoms with van der Waals surface area (Å²) in [7, 11) is 0. The standard InChI is InChI=1S/C30H18N6O2S/c1-18(2)36-25-12-22(27-7-8-29(38-27)30-35-17-24(39-30)10-20(15-33)16-34)4-3-21(25)11-26(36)28-6-5-23(37-28)9-19(13-31)14-32/h3-12,17-18H,1-2H3. The van der Waals surface area contributed by atoms with Crippen LogP contribution in [0.3, 0.4) is 0 Å². The largest absolute Gasteiger partial charge is 0.455 e. The summed E-state index contributed by atoms with van der Waals surface area (Å²) < 4.78 is 14.3. The lowest BCUT2D eigenvalue weighted by Gasteiger charge is -2.14. The first-order chi connectivity index (χ1) is 18.9. The van der Waals surface area contributed by atoms with E-state index in [-0.39, 0.29) is 17.2 Å². The van der Waals surface area contributed by atoms with Crippen molar-refractivity contribution in [2.24, 2.45) is 0 Å². The number of fused-ring (bicyclic) bond motifs is 1. The first-order valence-electron chi connectivity index (χ1n) is 11.8. The van der Waals surface area contributed by atoms with Crippen molar-refractivity contribution in [1.29, 1.82) is 21.0 Å². The lowest BCUT2D eigenvalue weighted by molar-refractivity contribution is 0.553. The van der Waals surface area contributed by atoms with E-state index < -0.39 is 0 Å². The van der Waals surface area contributed by atoms with Gasteiger partial charge in [-0.1, -0.05) is 12.1 Å². The summed E-state index contributed by atoms with van der Waals surface area (Å²) in [5.74, 6) is 2.34. The van der Waals surface area contributed by atoms with E-state index in [0.717, 1.165) is 22.2 Å². The summed E-state index contributed by atoms with van der Waals surface area (Å²) in [4.78, 5) is 5.07. The zero-order valence-electron chi connectivity index (χ0n) is 20.8. The Morgan fingerprint density at radius 2 is 1.54 bits per heavy atom. The Hall–Kier alpha value is -5.61. The summed E-state index contributed by atoms with van der Waals surface area (Å²) in [6, 6.07) is 23.0. The summed E-state index contributed by atoms with van der Waals surface area (Å²) in [6.07, 6.45) is 4.53. The van der Waals surface area contributed by atoms with E-state index in [0.29, 0.717) is 32.9 Å². The molecule has 0 atom stereocenters. The van der Waals surface area contributed by atoms with Crippen LogP contribution in [-0.4, -0.2) is 9.55 Å². The first kappa shape index (κ1) is 25.1. The van der Waals surface area contributed by atoms with Crippen LogP contribution in [0, 0.1) is 45.3 Å². The molecule has 0 amide bonds. The smallest absolute Gasteiger partial charge is 0.163 e. The van der Waals surface area contributed by atoms with Crippen molar-refractivity contribution in [3.8, 4) is 57.8 Å². The Balaban J connectivity index is 1.51. The minimum Gasteiger partial charge on any atom is -0.455 e. The number of furan rings is 2. The van der Waals surface area contributed by atoms with Gasteiger partial charge in [-0.25, -0.2) is 4.98 Å². The number of allylic oxidation sites excluding steroid dienone is 2. The molecule has 0 saturated carbocycles. The maximum absolute atomic E-state index is 9.04. The van der Waals surface area contributed by atoms with Crippen LogP contribution in [0.25, 0.3) is 56.6 Å². The van der Waals surface area contributed by atoms with E-state index in [1.165, 1.54) is 23.5 Å². The predicted octanol–water partition coefficient (Wildman–Crippen LogP) is 7.73. The highest BCUT2D eigenvalue weighted by Crippen LogP contribution is 2.37. The van der Waals surface area contributed by atoms with Crippen molar-refractivity contribution in [3.63, 3.8) is 0 Å². The molecule has 4 heterocycles. The molecule has 39 heavy (non-hydrogen) atoms. The van der Waals surface area contributed by atoms with Crippen molar-refractivity contribution < 1.29 is 8.83 Å². The lowest BCUT2D eigenvalue weighted by atomic mass is 10.1. The number of hydrogen-bond donors (Lipinski definition) is 0. The zero-order valence-corrected chi connectivity index (χ0v) is 21.7. The van der Waals surface area contributed by atoms with Crippen LogP contribution in [0.2, 0.25) is 0 Å². The number of aromatic nitrogens is 2. The van der Waals surface area contributed by atoms with E-state index in [9.17, 15) is 0 Å². The predicted molar refractivity (Wildman–Crippen MR) is 147 cm³/mol. The Labute approximate surface area is 227 Å². The molecule has 0 fully saturated rings. The molecule has 0 radical (unpaired) electrons. The molecule has 0 aliphatic heterocycles. The Morgan fingerprint density at radius 3 is 2.26 bits per heavy atom. The summed E-state index contributed by atoms with van der Waals surface area (Å²) >= 11 is 1.33. The van der Waals surface area contributed by atoms with E-state index in [2.05, 4.69) is 35.5 Å². The van der Waals surface area contributed by atoms with Crippen LogP contribution in [0.1, 0.15) is 30.5 Å². The fourth-order valence-electron chi connectivity index (χ4n) is 4.23. The van der Waals surface area contributed by atoms with Crippen LogP contribution < -0.4 is 0 Å². The molecule has 186 valence electrons. The van der Waals surface area contributed by atoms with E-state index >= 15 is 0 Å². The van der Waals surface area contributed by atoms with Crippen molar-refractivity contribution >= 4 is 34.4 Å². The molecule has 9 heteroatoms. The highest BCUT2D eigenvalue weighted by molar-refractivity contribution is 7.15. The molecule has 0 unspecified atom stereocenters. The number of hydrogen-bond acceptors (Lipinski definition) is 8. The lowest BCUT2D eigenvalue weighted by Crippen LogP contribution is -2.02. The number of thiazole rings is 1. The second-order valence-electron chi connectivity index (χ2n) is 8.76. The zero-order chi connectivity index (χ0) is 27.5. The molecule has 5 rings (SSSR count). The molecule has 0 spiro atoms. The van der Waals surface area contributed by atoms with Crippen molar-refractivity contribution in [2.45, 2.75) is 19.9 Å². The monoisotopic (exact) mass is 526 g/mol. The fraction of sp³-hybridized carbons (Fsp3) is 0.100. The topological polar surface area (TPSA) is 139 Å². The van der Waals surface area contributed by atoms with Gasteiger partial charge in [0.2, 0.25) is 0 Å². The van der Waals surface area contributed by atoms with Gasteiger partial charge in [0.1, 0.15) is 46.9 Å². The van der Waals surface area contributed by atoms with Crippen LogP contribution in [0.4, 0.5) is 0 Å². The van der Waals surface area contributed by atoms with Gasteiger partial charge in [0.25, 0.3) is 0 Å². The molecule has 0 N–H and O–H groups in total. The normalized spacial score (nSPS) is 10.4. The maximum atomic E-state index is 9.04.